The lowest BCUT2D eigenvalue weighted by molar-refractivity contribution is -0.116. The fourth-order valence-electron chi connectivity index (χ4n) is 4.02. The Labute approximate surface area is 198 Å². The molecule has 0 saturated carbocycles. The Morgan fingerprint density at radius 3 is 2.50 bits per heavy atom. The molecule has 5 rings (SSSR count). The summed E-state index contributed by atoms with van der Waals surface area (Å²) in [5, 5.41) is 3.92. The number of hydrogen-bond donors (Lipinski definition) is 1. The van der Waals surface area contributed by atoms with Crippen molar-refractivity contribution in [1.29, 1.82) is 0 Å². The summed E-state index contributed by atoms with van der Waals surface area (Å²) in [6.45, 7) is 3.52. The van der Waals surface area contributed by atoms with Crippen LogP contribution >= 0.6 is 11.6 Å². The van der Waals surface area contributed by atoms with E-state index in [0.29, 0.717) is 27.4 Å². The average Bonchev–Trinajstić information content (AvgIpc) is 3.20. The van der Waals surface area contributed by atoms with Crippen molar-refractivity contribution in [2.75, 3.05) is 5.32 Å². The number of halogens is 1. The van der Waals surface area contributed by atoms with Gasteiger partial charge in [0.25, 0.3) is 0 Å². The maximum absolute atomic E-state index is 13.6. The van der Waals surface area contributed by atoms with Crippen molar-refractivity contribution < 1.29 is 9.21 Å². The van der Waals surface area contributed by atoms with Crippen molar-refractivity contribution in [3.63, 3.8) is 0 Å². The molecule has 0 unspecified atom stereocenters. The Morgan fingerprint density at radius 2 is 1.74 bits per heavy atom. The number of aryl methyl sites for hydroxylation is 2. The third kappa shape index (κ3) is 3.70. The number of hydrogen-bond acceptors (Lipinski definition) is 4. The third-order valence-corrected chi connectivity index (χ3v) is 5.96. The Balaban J connectivity index is 1.71. The van der Waals surface area contributed by atoms with Crippen LogP contribution in [0.3, 0.4) is 0 Å². The normalized spacial score (nSPS) is 11.3. The maximum Gasteiger partial charge on any atom is 0.336 e. The molecule has 0 atom stereocenters. The SMILES string of the molecule is Cc1ccc(C)c(NC(=O)Cn2c(=O)n(-c3ccc(Cl)cc3)c(=O)c3oc4ccccc4c32)c1. The van der Waals surface area contributed by atoms with Gasteiger partial charge in [-0.15, -0.1) is 0 Å². The quantitative estimate of drug-likeness (QED) is 0.406. The van der Waals surface area contributed by atoms with Gasteiger partial charge in [-0.3, -0.25) is 14.2 Å². The summed E-state index contributed by atoms with van der Waals surface area (Å²) in [6.07, 6.45) is 0. The minimum absolute atomic E-state index is 0.00436. The van der Waals surface area contributed by atoms with Crippen LogP contribution in [-0.2, 0) is 11.3 Å². The average molecular weight is 474 g/mol. The fraction of sp³-hybridized carbons (Fsp3) is 0.115. The Kier molecular flexibility index (Phi) is 5.34. The van der Waals surface area contributed by atoms with E-state index >= 15 is 0 Å². The van der Waals surface area contributed by atoms with Crippen LogP contribution in [0.15, 0.2) is 80.7 Å². The zero-order valence-electron chi connectivity index (χ0n) is 18.5. The first kappa shape index (κ1) is 21.7. The van der Waals surface area contributed by atoms with Crippen LogP contribution in [0.2, 0.25) is 5.02 Å². The van der Waals surface area contributed by atoms with E-state index in [2.05, 4.69) is 5.32 Å². The van der Waals surface area contributed by atoms with E-state index < -0.39 is 17.2 Å². The molecule has 0 radical (unpaired) electrons. The van der Waals surface area contributed by atoms with Gasteiger partial charge in [0, 0.05) is 16.1 Å². The Hall–Kier alpha value is -4.10. The number of benzene rings is 3. The third-order valence-electron chi connectivity index (χ3n) is 5.71. The molecule has 1 amide bonds. The summed E-state index contributed by atoms with van der Waals surface area (Å²) in [6, 6.07) is 19.1. The highest BCUT2D eigenvalue weighted by Gasteiger charge is 2.22. The molecule has 0 fully saturated rings. The molecule has 0 saturated heterocycles. The van der Waals surface area contributed by atoms with Crippen molar-refractivity contribution in [3.8, 4) is 5.69 Å². The largest absolute Gasteiger partial charge is 0.449 e. The topological polar surface area (TPSA) is 86.2 Å². The van der Waals surface area contributed by atoms with Gasteiger partial charge in [0.15, 0.2) is 0 Å². The smallest absolute Gasteiger partial charge is 0.336 e. The lowest BCUT2D eigenvalue weighted by atomic mass is 10.1. The number of aromatic nitrogens is 2. The molecule has 7 nitrogen and oxygen atoms in total. The van der Waals surface area contributed by atoms with Gasteiger partial charge in [-0.1, -0.05) is 35.9 Å². The fourth-order valence-corrected chi connectivity index (χ4v) is 4.14. The zero-order chi connectivity index (χ0) is 24.0. The van der Waals surface area contributed by atoms with E-state index in [-0.39, 0.29) is 17.6 Å². The van der Waals surface area contributed by atoms with Crippen LogP contribution in [0.25, 0.3) is 27.8 Å². The van der Waals surface area contributed by atoms with Gasteiger partial charge in [-0.05, 0) is 67.4 Å². The van der Waals surface area contributed by atoms with Crippen LogP contribution in [0.4, 0.5) is 5.69 Å². The monoisotopic (exact) mass is 473 g/mol. The number of nitrogens with one attached hydrogen (secondary N) is 1. The second-order valence-electron chi connectivity index (χ2n) is 8.13. The molecule has 0 aliphatic heterocycles. The molecule has 2 heterocycles. The molecule has 0 spiro atoms. The highest BCUT2D eigenvalue weighted by molar-refractivity contribution is 6.30. The molecular formula is C26H20ClN3O4. The summed E-state index contributed by atoms with van der Waals surface area (Å²) in [7, 11) is 0. The minimum atomic E-state index is -0.650. The number of rotatable bonds is 4. The molecule has 8 heteroatoms. The number of amides is 1. The van der Waals surface area contributed by atoms with E-state index in [1.165, 1.54) is 4.57 Å². The van der Waals surface area contributed by atoms with E-state index in [4.69, 9.17) is 16.0 Å². The number of furan rings is 1. The molecule has 0 aliphatic carbocycles. The van der Waals surface area contributed by atoms with E-state index in [9.17, 15) is 14.4 Å². The first-order valence-electron chi connectivity index (χ1n) is 10.6. The molecule has 34 heavy (non-hydrogen) atoms. The molecule has 0 aliphatic rings. The molecule has 170 valence electrons. The van der Waals surface area contributed by atoms with Crippen molar-refractivity contribution in [2.45, 2.75) is 20.4 Å². The molecule has 0 bridgehead atoms. The first-order valence-corrected chi connectivity index (χ1v) is 11.0. The second kappa shape index (κ2) is 8.35. The summed E-state index contributed by atoms with van der Waals surface area (Å²) in [4.78, 5) is 40.0. The van der Waals surface area contributed by atoms with Crippen LogP contribution in [-0.4, -0.2) is 15.0 Å². The molecule has 3 aromatic carbocycles. The van der Waals surface area contributed by atoms with E-state index in [1.54, 1.807) is 48.5 Å². The minimum Gasteiger partial charge on any atom is -0.449 e. The van der Waals surface area contributed by atoms with Crippen molar-refractivity contribution in [1.82, 2.24) is 9.13 Å². The molecule has 5 aromatic rings. The Morgan fingerprint density at radius 1 is 1.00 bits per heavy atom. The van der Waals surface area contributed by atoms with Gasteiger partial charge in [-0.2, -0.15) is 0 Å². The van der Waals surface area contributed by atoms with Gasteiger partial charge in [-0.25, -0.2) is 9.36 Å². The second-order valence-corrected chi connectivity index (χ2v) is 8.56. The van der Waals surface area contributed by atoms with Crippen LogP contribution in [0.1, 0.15) is 11.1 Å². The molecule has 2 aromatic heterocycles. The van der Waals surface area contributed by atoms with Crippen molar-refractivity contribution in [2.24, 2.45) is 0 Å². The van der Waals surface area contributed by atoms with Crippen LogP contribution in [0, 0.1) is 13.8 Å². The standard InChI is InChI=1S/C26H20ClN3O4/c1-15-7-8-16(2)20(13-15)28-22(31)14-29-23-19-5-3-4-6-21(19)34-24(23)25(32)30(26(29)33)18-11-9-17(27)10-12-18/h3-13H,14H2,1-2H3,(H,28,31). The zero-order valence-corrected chi connectivity index (χ0v) is 19.2. The highest BCUT2D eigenvalue weighted by Crippen LogP contribution is 2.26. The van der Waals surface area contributed by atoms with E-state index in [1.807, 2.05) is 32.0 Å². The Bertz CT molecular complexity index is 1690. The number of para-hydroxylation sites is 1. The van der Waals surface area contributed by atoms with Crippen molar-refractivity contribution >= 4 is 45.3 Å². The summed E-state index contributed by atoms with van der Waals surface area (Å²) in [5.41, 5.74) is 2.36. The number of anilines is 1. The number of nitrogens with zero attached hydrogens (tertiary/aromatic N) is 2. The van der Waals surface area contributed by atoms with Gasteiger partial charge < -0.3 is 9.73 Å². The van der Waals surface area contributed by atoms with Crippen molar-refractivity contribution in [3.05, 3.63) is 104 Å². The predicted molar refractivity (Wildman–Crippen MR) is 133 cm³/mol. The first-order chi connectivity index (χ1) is 16.3. The maximum atomic E-state index is 13.6. The number of carbonyl (C=O) groups is 1. The summed E-state index contributed by atoms with van der Waals surface area (Å²) < 4.78 is 8.12. The number of carbonyl (C=O) groups excluding carboxylic acids is 1. The number of fused-ring (bicyclic) bond motifs is 3. The van der Waals surface area contributed by atoms with E-state index in [0.717, 1.165) is 15.7 Å². The van der Waals surface area contributed by atoms with Gasteiger partial charge in [0.2, 0.25) is 11.5 Å². The highest BCUT2D eigenvalue weighted by atomic mass is 35.5. The van der Waals surface area contributed by atoms with Crippen LogP contribution < -0.4 is 16.6 Å². The van der Waals surface area contributed by atoms with Crippen LogP contribution in [0.5, 0.6) is 0 Å². The van der Waals surface area contributed by atoms with Gasteiger partial charge >= 0.3 is 11.2 Å². The predicted octanol–water partition coefficient (Wildman–Crippen LogP) is 4.81. The summed E-state index contributed by atoms with van der Waals surface area (Å²) >= 11 is 5.99. The summed E-state index contributed by atoms with van der Waals surface area (Å²) in [5.74, 6) is -0.399. The molecule has 1 N–H and O–H groups in total. The molecular weight excluding hydrogens is 454 g/mol. The lowest BCUT2D eigenvalue weighted by Crippen LogP contribution is -2.40. The van der Waals surface area contributed by atoms with Gasteiger partial charge in [0.05, 0.1) is 5.69 Å². The van der Waals surface area contributed by atoms with Gasteiger partial charge in [0.1, 0.15) is 17.6 Å². The lowest BCUT2D eigenvalue weighted by Gasteiger charge is -2.13.